The molecule has 46 heavy (non-hydrogen) atoms. The van der Waals surface area contributed by atoms with Crippen molar-refractivity contribution in [3.63, 3.8) is 0 Å². The van der Waals surface area contributed by atoms with Crippen LogP contribution in [0.4, 0.5) is 0 Å². The maximum absolute atomic E-state index is 9.68. The third kappa shape index (κ3) is 4.66. The van der Waals surface area contributed by atoms with Gasteiger partial charge in [0.1, 0.15) is 28.3 Å². The Bertz CT molecular complexity index is 2590. The standard InChI is InChI=1S/C40H20N4OS/c41-21-24-5-13-34-35-14-12-28(20-38(35)45-37(34)15-24)25-6-8-26(9-7-25)30-17-31(27-10-11-29(22-42)33(16-27)23-43)19-32(18-30)40-44-36-3-1-2-4-39(36)46-40/h1-20H. The van der Waals surface area contributed by atoms with Gasteiger partial charge in [-0.05, 0) is 106 Å². The zero-order chi connectivity index (χ0) is 31.2. The number of nitriles is 3. The summed E-state index contributed by atoms with van der Waals surface area (Å²) < 4.78 is 7.24. The van der Waals surface area contributed by atoms with Crippen molar-refractivity contribution in [3.8, 4) is 62.2 Å². The van der Waals surface area contributed by atoms with Crippen LogP contribution in [0.25, 0.3) is 76.1 Å². The highest BCUT2D eigenvalue weighted by molar-refractivity contribution is 7.21. The minimum atomic E-state index is 0.350. The Labute approximate surface area is 268 Å². The van der Waals surface area contributed by atoms with E-state index in [1.165, 1.54) is 0 Å². The van der Waals surface area contributed by atoms with E-state index in [4.69, 9.17) is 9.40 Å². The molecule has 0 aliphatic carbocycles. The molecule has 212 valence electrons. The summed E-state index contributed by atoms with van der Waals surface area (Å²) in [6, 6.07) is 46.4. The van der Waals surface area contributed by atoms with Gasteiger partial charge in [0.2, 0.25) is 0 Å². The summed E-state index contributed by atoms with van der Waals surface area (Å²) in [6.45, 7) is 0. The fourth-order valence-electron chi connectivity index (χ4n) is 5.88. The van der Waals surface area contributed by atoms with E-state index in [1.54, 1.807) is 29.5 Å². The molecular weight excluding hydrogens is 585 g/mol. The molecule has 0 aliphatic rings. The molecule has 6 heteroatoms. The number of hydrogen-bond donors (Lipinski definition) is 0. The smallest absolute Gasteiger partial charge is 0.136 e. The van der Waals surface area contributed by atoms with Crippen molar-refractivity contribution >= 4 is 43.5 Å². The molecule has 2 aromatic heterocycles. The van der Waals surface area contributed by atoms with E-state index in [2.05, 4.69) is 78.9 Å². The fourth-order valence-corrected chi connectivity index (χ4v) is 6.83. The SMILES string of the molecule is N#Cc1ccc2c(c1)oc1cc(-c3ccc(-c4cc(-c5ccc(C#N)c(C#N)c5)cc(-c5nc6ccccc6s5)c4)cc3)ccc12. The van der Waals surface area contributed by atoms with Crippen LogP contribution < -0.4 is 0 Å². The summed E-state index contributed by atoms with van der Waals surface area (Å²) in [4.78, 5) is 4.92. The average molecular weight is 605 g/mol. The maximum atomic E-state index is 9.68. The molecule has 0 unspecified atom stereocenters. The molecule has 0 bridgehead atoms. The Hall–Kier alpha value is -6.52. The van der Waals surface area contributed by atoms with Crippen LogP contribution in [0, 0.1) is 34.0 Å². The monoisotopic (exact) mass is 604 g/mol. The van der Waals surface area contributed by atoms with Gasteiger partial charge in [-0.15, -0.1) is 11.3 Å². The van der Waals surface area contributed by atoms with Gasteiger partial charge in [0, 0.05) is 16.3 Å². The normalized spacial score (nSPS) is 11.0. The summed E-state index contributed by atoms with van der Waals surface area (Å²) in [6.07, 6.45) is 0. The first-order valence-electron chi connectivity index (χ1n) is 14.5. The Balaban J connectivity index is 1.21. The molecule has 0 aliphatic heterocycles. The second-order valence-electron chi connectivity index (χ2n) is 11.0. The molecule has 0 radical (unpaired) electrons. The summed E-state index contributed by atoms with van der Waals surface area (Å²) in [5.41, 5.74) is 10.6. The molecule has 6 aromatic carbocycles. The summed E-state index contributed by atoms with van der Waals surface area (Å²) in [5, 5.41) is 31.3. The summed E-state index contributed by atoms with van der Waals surface area (Å²) in [7, 11) is 0. The van der Waals surface area contributed by atoms with Crippen LogP contribution >= 0.6 is 11.3 Å². The molecule has 0 amide bonds. The van der Waals surface area contributed by atoms with Gasteiger partial charge in [-0.1, -0.05) is 48.5 Å². The molecular formula is C40H20N4OS. The third-order valence-corrected chi connectivity index (χ3v) is 9.31. The molecule has 0 fully saturated rings. The van der Waals surface area contributed by atoms with Gasteiger partial charge in [0.15, 0.2) is 0 Å². The maximum Gasteiger partial charge on any atom is 0.136 e. The van der Waals surface area contributed by atoms with Crippen LogP contribution in [-0.4, -0.2) is 4.98 Å². The molecule has 0 saturated heterocycles. The van der Waals surface area contributed by atoms with Crippen LogP contribution in [0.5, 0.6) is 0 Å². The molecule has 2 heterocycles. The second-order valence-corrected chi connectivity index (χ2v) is 12.0. The van der Waals surface area contributed by atoms with Crippen molar-refractivity contribution in [2.45, 2.75) is 0 Å². The highest BCUT2D eigenvalue weighted by Gasteiger charge is 2.14. The van der Waals surface area contributed by atoms with Gasteiger partial charge in [-0.2, -0.15) is 15.8 Å². The highest BCUT2D eigenvalue weighted by Crippen LogP contribution is 2.38. The van der Waals surface area contributed by atoms with Gasteiger partial charge in [-0.3, -0.25) is 0 Å². The van der Waals surface area contributed by atoms with Crippen LogP contribution in [-0.2, 0) is 0 Å². The first-order chi connectivity index (χ1) is 22.6. The number of furan rings is 1. The lowest BCUT2D eigenvalue weighted by Gasteiger charge is -2.11. The van der Waals surface area contributed by atoms with E-state index < -0.39 is 0 Å². The molecule has 8 rings (SSSR count). The van der Waals surface area contributed by atoms with Crippen LogP contribution in [0.1, 0.15) is 16.7 Å². The van der Waals surface area contributed by atoms with Crippen LogP contribution in [0.3, 0.4) is 0 Å². The van der Waals surface area contributed by atoms with E-state index in [0.717, 1.165) is 70.5 Å². The number of rotatable bonds is 4. The van der Waals surface area contributed by atoms with Gasteiger partial charge < -0.3 is 4.42 Å². The fraction of sp³-hybridized carbons (Fsp3) is 0. The highest BCUT2D eigenvalue weighted by atomic mass is 32.1. The number of thiazole rings is 1. The Morgan fingerprint density at radius 2 is 1.11 bits per heavy atom. The first-order valence-corrected chi connectivity index (χ1v) is 15.3. The first kappa shape index (κ1) is 27.1. The van der Waals surface area contributed by atoms with Crippen LogP contribution in [0.2, 0.25) is 0 Å². The van der Waals surface area contributed by atoms with E-state index in [9.17, 15) is 15.8 Å². The summed E-state index contributed by atoms with van der Waals surface area (Å²) >= 11 is 1.64. The molecule has 0 saturated carbocycles. The number of hydrogen-bond acceptors (Lipinski definition) is 6. The zero-order valence-corrected chi connectivity index (χ0v) is 25.0. The molecule has 5 nitrogen and oxygen atoms in total. The third-order valence-electron chi connectivity index (χ3n) is 8.22. The van der Waals surface area contributed by atoms with Crippen molar-refractivity contribution in [1.82, 2.24) is 4.98 Å². The Morgan fingerprint density at radius 1 is 0.500 bits per heavy atom. The largest absolute Gasteiger partial charge is 0.456 e. The van der Waals surface area contributed by atoms with Crippen molar-refractivity contribution in [3.05, 3.63) is 138 Å². The van der Waals surface area contributed by atoms with E-state index >= 15 is 0 Å². The lowest BCUT2D eigenvalue weighted by atomic mass is 9.93. The zero-order valence-electron chi connectivity index (χ0n) is 24.2. The van der Waals surface area contributed by atoms with Crippen molar-refractivity contribution in [2.75, 3.05) is 0 Å². The van der Waals surface area contributed by atoms with Gasteiger partial charge >= 0.3 is 0 Å². The van der Waals surface area contributed by atoms with Crippen molar-refractivity contribution < 1.29 is 4.42 Å². The number of para-hydroxylation sites is 1. The number of benzene rings is 6. The van der Waals surface area contributed by atoms with E-state index in [-0.39, 0.29) is 0 Å². The van der Waals surface area contributed by atoms with Gasteiger partial charge in [0.05, 0.1) is 33.0 Å². The average Bonchev–Trinajstić information content (AvgIpc) is 3.72. The predicted molar refractivity (Wildman–Crippen MR) is 183 cm³/mol. The molecule has 8 aromatic rings. The topological polar surface area (TPSA) is 97.4 Å². The molecule has 0 N–H and O–H groups in total. The quantitative estimate of drug-likeness (QED) is 0.199. The Morgan fingerprint density at radius 3 is 1.85 bits per heavy atom. The lowest BCUT2D eigenvalue weighted by molar-refractivity contribution is 0.669. The van der Waals surface area contributed by atoms with Crippen molar-refractivity contribution in [1.29, 1.82) is 15.8 Å². The number of nitrogens with zero attached hydrogens (tertiary/aromatic N) is 4. The lowest BCUT2D eigenvalue weighted by Crippen LogP contribution is -1.89. The van der Waals surface area contributed by atoms with E-state index in [0.29, 0.717) is 22.3 Å². The summed E-state index contributed by atoms with van der Waals surface area (Å²) in [5.74, 6) is 0. The molecule has 0 atom stereocenters. The minimum absolute atomic E-state index is 0.350. The van der Waals surface area contributed by atoms with Crippen LogP contribution in [0.15, 0.2) is 126 Å². The van der Waals surface area contributed by atoms with Gasteiger partial charge in [-0.25, -0.2) is 4.98 Å². The van der Waals surface area contributed by atoms with Gasteiger partial charge in [0.25, 0.3) is 0 Å². The number of aromatic nitrogens is 1. The van der Waals surface area contributed by atoms with Crippen molar-refractivity contribution in [2.24, 2.45) is 0 Å². The minimum Gasteiger partial charge on any atom is -0.456 e. The van der Waals surface area contributed by atoms with E-state index in [1.807, 2.05) is 42.5 Å². The predicted octanol–water partition coefficient (Wildman–Crippen LogP) is 10.5. The second kappa shape index (κ2) is 10.9. The molecule has 0 spiro atoms. The Kier molecular flexibility index (Phi) is 6.40. The number of fused-ring (bicyclic) bond motifs is 4.